The molecule has 2 heterocycles. The van der Waals surface area contributed by atoms with Crippen molar-refractivity contribution in [3.05, 3.63) is 76.5 Å². The van der Waals surface area contributed by atoms with Crippen LogP contribution in [0.4, 0.5) is 0 Å². The van der Waals surface area contributed by atoms with Gasteiger partial charge in [-0.1, -0.05) is 43.3 Å². The highest BCUT2D eigenvalue weighted by atomic mass is 32.2. The third-order valence-corrected chi connectivity index (χ3v) is 8.05. The van der Waals surface area contributed by atoms with Crippen molar-refractivity contribution in [2.24, 2.45) is 16.0 Å². The smallest absolute Gasteiger partial charge is 0.261 e. The summed E-state index contributed by atoms with van der Waals surface area (Å²) in [6.07, 6.45) is 5.25. The molecular weight excluding hydrogens is 448 g/mol. The summed E-state index contributed by atoms with van der Waals surface area (Å²) in [7, 11) is -1.92. The Labute approximate surface area is 202 Å². The molecule has 1 fully saturated rings. The van der Waals surface area contributed by atoms with E-state index in [2.05, 4.69) is 65.3 Å². The van der Waals surface area contributed by atoms with E-state index in [1.807, 2.05) is 7.05 Å². The molecule has 0 bridgehead atoms. The Bertz CT molecular complexity index is 1220. The van der Waals surface area contributed by atoms with Gasteiger partial charge in [0, 0.05) is 25.0 Å². The fourth-order valence-corrected chi connectivity index (χ4v) is 6.00. The first-order chi connectivity index (χ1) is 16.2. The lowest BCUT2D eigenvalue weighted by Gasteiger charge is -2.44. The lowest BCUT2D eigenvalue weighted by molar-refractivity contribution is -0.756. The Balaban J connectivity index is 1.30. The van der Waals surface area contributed by atoms with Crippen molar-refractivity contribution < 1.29 is 17.6 Å². The van der Waals surface area contributed by atoms with Crippen LogP contribution in [0.5, 0.6) is 5.75 Å². The molecule has 2 N–H and O–H groups in total. The van der Waals surface area contributed by atoms with E-state index in [1.165, 1.54) is 29.8 Å². The molecular formula is C26H33N4O3S+. The number of aliphatic imine (C=N–C) groups is 1. The largest absolute Gasteiger partial charge is 0.488 e. The van der Waals surface area contributed by atoms with Gasteiger partial charge in [-0.3, -0.25) is 9.38 Å². The van der Waals surface area contributed by atoms with Crippen LogP contribution in [-0.2, 0) is 22.9 Å². The predicted octanol–water partition coefficient (Wildman–Crippen LogP) is 2.84. The first-order valence-corrected chi connectivity index (χ1v) is 13.4. The molecule has 0 radical (unpaired) electrons. The first-order valence-electron chi connectivity index (χ1n) is 11.9. The Hall–Kier alpha value is -2.52. The van der Waals surface area contributed by atoms with Crippen LogP contribution < -0.4 is 9.88 Å². The molecule has 0 saturated carbocycles. The van der Waals surface area contributed by atoms with Gasteiger partial charge in [-0.25, -0.2) is 13.6 Å². The van der Waals surface area contributed by atoms with Crippen molar-refractivity contribution in [3.8, 4) is 5.75 Å². The van der Waals surface area contributed by atoms with E-state index in [0.29, 0.717) is 25.1 Å². The Morgan fingerprint density at radius 1 is 1.18 bits per heavy atom. The summed E-state index contributed by atoms with van der Waals surface area (Å²) in [6.45, 7) is 5.68. The van der Waals surface area contributed by atoms with E-state index in [0.717, 1.165) is 24.5 Å². The SMILES string of the molecule is CC1CN(C2Cc3ccc(OCC[N+]4(C)C=NC(S(N)(=O)=O)=C4)cc3C2Cc2ccccc2)C1. The average Bonchev–Trinajstić information content (AvgIpc) is 3.33. The van der Waals surface area contributed by atoms with Gasteiger partial charge in [-0.05, 0) is 47.6 Å². The monoisotopic (exact) mass is 481 g/mol. The zero-order valence-corrected chi connectivity index (χ0v) is 20.6. The van der Waals surface area contributed by atoms with Crippen molar-refractivity contribution in [2.45, 2.75) is 31.7 Å². The average molecular weight is 482 g/mol. The number of quaternary nitrogens is 1. The van der Waals surface area contributed by atoms with Gasteiger partial charge in [0.25, 0.3) is 10.0 Å². The van der Waals surface area contributed by atoms with Crippen LogP contribution in [0.3, 0.4) is 0 Å². The van der Waals surface area contributed by atoms with Gasteiger partial charge in [0.15, 0.2) is 6.34 Å². The number of hydrogen-bond donors (Lipinski definition) is 1. The van der Waals surface area contributed by atoms with Gasteiger partial charge in [0.05, 0.1) is 7.05 Å². The molecule has 2 aromatic rings. The number of rotatable bonds is 8. The minimum absolute atomic E-state index is 0.0948. The predicted molar refractivity (Wildman–Crippen MR) is 134 cm³/mol. The topological polar surface area (TPSA) is 85.0 Å². The van der Waals surface area contributed by atoms with Crippen molar-refractivity contribution in [1.82, 2.24) is 4.90 Å². The molecule has 1 aliphatic carbocycles. The number of nitrogens with zero attached hydrogens (tertiary/aromatic N) is 3. The summed E-state index contributed by atoms with van der Waals surface area (Å²) < 4.78 is 29.5. The molecule has 180 valence electrons. The van der Waals surface area contributed by atoms with Crippen LogP contribution in [-0.4, -0.2) is 63.5 Å². The fourth-order valence-electron chi connectivity index (χ4n) is 5.42. The molecule has 3 aliphatic rings. The summed E-state index contributed by atoms with van der Waals surface area (Å²) in [4.78, 5) is 6.61. The number of sulfonamides is 1. The molecule has 7 nitrogen and oxygen atoms in total. The number of nitrogens with two attached hydrogens (primary N) is 1. The molecule has 1 saturated heterocycles. The minimum Gasteiger partial charge on any atom is -0.488 e. The number of likely N-dealkylation sites (tertiary alicyclic amines) is 1. The van der Waals surface area contributed by atoms with Crippen molar-refractivity contribution in [3.63, 3.8) is 0 Å². The number of benzene rings is 2. The maximum atomic E-state index is 11.6. The van der Waals surface area contributed by atoms with Gasteiger partial charge in [-0.15, -0.1) is 0 Å². The molecule has 2 aromatic carbocycles. The van der Waals surface area contributed by atoms with Gasteiger partial charge < -0.3 is 4.74 Å². The maximum Gasteiger partial charge on any atom is 0.261 e. The van der Waals surface area contributed by atoms with E-state index in [9.17, 15) is 8.42 Å². The summed E-state index contributed by atoms with van der Waals surface area (Å²) >= 11 is 0. The highest BCUT2D eigenvalue weighted by molar-refractivity contribution is 7.93. The Morgan fingerprint density at radius 3 is 2.62 bits per heavy atom. The summed E-state index contributed by atoms with van der Waals surface area (Å²) in [6, 6.07) is 17.8. The number of fused-ring (bicyclic) bond motifs is 1. The molecule has 0 spiro atoms. The quantitative estimate of drug-likeness (QED) is 0.588. The number of likely N-dealkylation sites (N-methyl/N-ethyl adjacent to an activating group) is 1. The summed E-state index contributed by atoms with van der Waals surface area (Å²) in [5.74, 6) is 2.08. The van der Waals surface area contributed by atoms with Crippen LogP contribution in [0.2, 0.25) is 0 Å². The maximum absolute atomic E-state index is 11.6. The van der Waals surface area contributed by atoms with Gasteiger partial charge in [-0.2, -0.15) is 4.99 Å². The number of ether oxygens (including phenoxy) is 1. The normalized spacial score (nSPS) is 26.9. The zero-order chi connectivity index (χ0) is 23.9. The van der Waals surface area contributed by atoms with Crippen molar-refractivity contribution in [2.75, 3.05) is 33.3 Å². The van der Waals surface area contributed by atoms with Crippen LogP contribution in [0.1, 0.15) is 29.5 Å². The van der Waals surface area contributed by atoms with E-state index in [4.69, 9.17) is 9.88 Å². The van der Waals surface area contributed by atoms with E-state index in [1.54, 1.807) is 12.5 Å². The molecule has 3 atom stereocenters. The Morgan fingerprint density at radius 2 is 1.94 bits per heavy atom. The van der Waals surface area contributed by atoms with Gasteiger partial charge >= 0.3 is 0 Å². The molecule has 0 aromatic heterocycles. The van der Waals surface area contributed by atoms with E-state index >= 15 is 0 Å². The van der Waals surface area contributed by atoms with Crippen molar-refractivity contribution in [1.29, 1.82) is 0 Å². The standard InChI is InChI=1S/C26H33N4O3S/c1-19-15-29(16-19)25-13-21-8-9-22(14-23(21)24(25)12-20-6-4-3-5-7-20)33-11-10-30(2)17-26(28-18-30)34(27,31)32/h3-9,14,17-19,24-25H,10-13,15-16H2,1-2H3,(H2,27,31,32)/q+1. The number of hydrogen-bond acceptors (Lipinski definition) is 5. The fraction of sp³-hybridized carbons (Fsp3) is 0.423. The van der Waals surface area contributed by atoms with Crippen LogP contribution in [0.15, 0.2) is 64.8 Å². The number of primary sulfonamides is 1. The third-order valence-electron chi connectivity index (χ3n) is 7.26. The van der Waals surface area contributed by atoms with E-state index in [-0.39, 0.29) is 9.51 Å². The first kappa shape index (κ1) is 23.2. The Kier molecular flexibility index (Phi) is 6.10. The lowest BCUT2D eigenvalue weighted by Crippen LogP contribution is -2.52. The second-order valence-corrected chi connectivity index (χ2v) is 11.7. The van der Waals surface area contributed by atoms with Gasteiger partial charge in [0.1, 0.15) is 25.1 Å². The summed E-state index contributed by atoms with van der Waals surface area (Å²) in [5, 5.41) is 5.11. The molecule has 2 aliphatic heterocycles. The molecule has 3 unspecified atom stereocenters. The van der Waals surface area contributed by atoms with Crippen LogP contribution in [0, 0.1) is 5.92 Å². The highest BCUT2D eigenvalue weighted by Gasteiger charge is 2.40. The van der Waals surface area contributed by atoms with Crippen LogP contribution in [0.25, 0.3) is 0 Å². The third kappa shape index (κ3) is 4.81. The molecule has 5 rings (SSSR count). The lowest BCUT2D eigenvalue weighted by atomic mass is 9.87. The van der Waals surface area contributed by atoms with Gasteiger partial charge in [0.2, 0.25) is 5.03 Å². The molecule has 34 heavy (non-hydrogen) atoms. The molecule has 8 heteroatoms. The van der Waals surface area contributed by atoms with E-state index < -0.39 is 10.0 Å². The molecule has 0 amide bonds. The minimum atomic E-state index is -3.80. The van der Waals surface area contributed by atoms with Crippen LogP contribution >= 0.6 is 0 Å². The zero-order valence-electron chi connectivity index (χ0n) is 19.8. The summed E-state index contributed by atoms with van der Waals surface area (Å²) in [5.41, 5.74) is 4.18. The second-order valence-electron chi connectivity index (χ2n) is 10.2. The highest BCUT2D eigenvalue weighted by Crippen LogP contribution is 2.42. The second kappa shape index (κ2) is 8.92. The van der Waals surface area contributed by atoms with Crippen molar-refractivity contribution >= 4 is 16.4 Å².